The van der Waals surface area contributed by atoms with Gasteiger partial charge in [-0.25, -0.2) is 8.70 Å². The summed E-state index contributed by atoms with van der Waals surface area (Å²) < 4.78 is 19.4. The van der Waals surface area contributed by atoms with Crippen LogP contribution in [0, 0.1) is 12.7 Å². The SMILES string of the molecule is CO.Cc1sc(SN2CCCC2)cc1NC(=O)CNSc1ccc(F)cc1. The highest BCUT2D eigenvalue weighted by Crippen LogP contribution is 2.36. The molecule has 1 saturated heterocycles. The van der Waals surface area contributed by atoms with E-state index in [0.717, 1.165) is 35.7 Å². The Bertz CT molecular complexity index is 719. The van der Waals surface area contributed by atoms with Crippen LogP contribution in [0.15, 0.2) is 39.4 Å². The van der Waals surface area contributed by atoms with Crippen molar-refractivity contribution < 1.29 is 14.3 Å². The van der Waals surface area contributed by atoms with Crippen molar-refractivity contribution in [3.05, 3.63) is 41.0 Å². The predicted octanol–water partition coefficient (Wildman–Crippen LogP) is 4.14. The second-order valence-corrected chi connectivity index (χ2v) is 9.31. The minimum atomic E-state index is -0.266. The van der Waals surface area contributed by atoms with Crippen molar-refractivity contribution in [3.63, 3.8) is 0 Å². The first-order valence-electron chi connectivity index (χ1n) is 8.53. The van der Waals surface area contributed by atoms with Gasteiger partial charge in [-0.3, -0.25) is 9.52 Å². The average Bonchev–Trinajstić information content (AvgIpc) is 3.29. The number of carbonyl (C=O) groups is 1. The molecule has 2 aromatic rings. The first-order valence-corrected chi connectivity index (χ1v) is 10.9. The highest BCUT2D eigenvalue weighted by atomic mass is 32.2. The van der Waals surface area contributed by atoms with E-state index in [1.165, 1.54) is 41.1 Å². The molecular weight excluding hydrogens is 405 g/mol. The molecule has 1 aromatic heterocycles. The lowest BCUT2D eigenvalue weighted by molar-refractivity contribution is -0.115. The molecule has 148 valence electrons. The van der Waals surface area contributed by atoms with E-state index in [-0.39, 0.29) is 18.3 Å². The number of rotatable bonds is 7. The molecule has 1 fully saturated rings. The van der Waals surface area contributed by atoms with Gasteiger partial charge in [0, 0.05) is 30.0 Å². The number of carbonyl (C=O) groups excluding carboxylic acids is 1. The quantitative estimate of drug-likeness (QED) is 0.575. The van der Waals surface area contributed by atoms with Crippen LogP contribution in [0.5, 0.6) is 0 Å². The van der Waals surface area contributed by atoms with Gasteiger partial charge in [-0.15, -0.1) is 11.3 Å². The Labute approximate surface area is 172 Å². The Hall–Kier alpha value is -1.10. The van der Waals surface area contributed by atoms with Crippen LogP contribution >= 0.6 is 35.2 Å². The Balaban J connectivity index is 0.00000126. The molecule has 1 aromatic carbocycles. The molecular formula is C18H24FN3O2S3. The number of hydrogen-bond donors (Lipinski definition) is 3. The normalized spacial score (nSPS) is 13.9. The number of aryl methyl sites for hydroxylation is 1. The van der Waals surface area contributed by atoms with Gasteiger partial charge in [0.2, 0.25) is 5.91 Å². The summed E-state index contributed by atoms with van der Waals surface area (Å²) in [5.41, 5.74) is 0.880. The molecule has 9 heteroatoms. The van der Waals surface area contributed by atoms with Gasteiger partial charge in [-0.2, -0.15) is 0 Å². The van der Waals surface area contributed by atoms with E-state index in [0.29, 0.717) is 0 Å². The molecule has 5 nitrogen and oxygen atoms in total. The number of aliphatic hydroxyl groups is 1. The van der Waals surface area contributed by atoms with Crippen LogP contribution in [0.4, 0.5) is 10.1 Å². The van der Waals surface area contributed by atoms with Crippen LogP contribution in [-0.2, 0) is 4.79 Å². The summed E-state index contributed by atoms with van der Waals surface area (Å²) >= 11 is 4.80. The van der Waals surface area contributed by atoms with Crippen LogP contribution < -0.4 is 10.0 Å². The van der Waals surface area contributed by atoms with Gasteiger partial charge >= 0.3 is 0 Å². The minimum absolute atomic E-state index is 0.0896. The number of benzene rings is 1. The van der Waals surface area contributed by atoms with Crippen molar-refractivity contribution in [1.82, 2.24) is 9.03 Å². The number of thiophene rings is 1. The highest BCUT2D eigenvalue weighted by molar-refractivity contribution is 7.99. The molecule has 27 heavy (non-hydrogen) atoms. The standard InChI is InChI=1S/C17H20FN3OS3.CH4O/c1-12-15(10-17(23-12)25-21-8-2-3-9-21)20-16(22)11-19-24-14-6-4-13(18)5-7-14;1-2/h4-7,10,19H,2-3,8-9,11H2,1H3,(H,20,22);2H,1H3. The molecule has 3 rings (SSSR count). The second-order valence-electron chi connectivity index (χ2n) is 5.69. The number of nitrogens with one attached hydrogen (secondary N) is 2. The van der Waals surface area contributed by atoms with E-state index >= 15 is 0 Å². The van der Waals surface area contributed by atoms with E-state index in [2.05, 4.69) is 14.3 Å². The van der Waals surface area contributed by atoms with Crippen molar-refractivity contribution in [2.75, 3.05) is 32.1 Å². The molecule has 3 N–H and O–H groups in total. The number of halogens is 1. The summed E-state index contributed by atoms with van der Waals surface area (Å²) in [5.74, 6) is -0.356. The molecule has 1 aliphatic rings. The van der Waals surface area contributed by atoms with Crippen LogP contribution in [0.1, 0.15) is 17.7 Å². The van der Waals surface area contributed by atoms with Crippen LogP contribution in [-0.4, -0.2) is 42.1 Å². The molecule has 0 spiro atoms. The van der Waals surface area contributed by atoms with Crippen molar-refractivity contribution in [1.29, 1.82) is 0 Å². The lowest BCUT2D eigenvalue weighted by Crippen LogP contribution is -2.23. The third kappa shape index (κ3) is 7.44. The van der Waals surface area contributed by atoms with E-state index in [1.807, 2.05) is 13.0 Å². The smallest absolute Gasteiger partial charge is 0.239 e. The van der Waals surface area contributed by atoms with Gasteiger partial charge in [0.05, 0.1) is 16.4 Å². The molecule has 0 atom stereocenters. The van der Waals surface area contributed by atoms with E-state index in [1.54, 1.807) is 35.4 Å². The topological polar surface area (TPSA) is 64.6 Å². The number of amides is 1. The second kappa shape index (κ2) is 11.7. The van der Waals surface area contributed by atoms with E-state index in [4.69, 9.17) is 5.11 Å². The summed E-state index contributed by atoms with van der Waals surface area (Å²) in [6.07, 6.45) is 2.52. The molecule has 0 radical (unpaired) electrons. The Morgan fingerprint density at radius 3 is 2.59 bits per heavy atom. The molecule has 0 bridgehead atoms. The minimum Gasteiger partial charge on any atom is -0.400 e. The van der Waals surface area contributed by atoms with Crippen LogP contribution in [0.2, 0.25) is 0 Å². The van der Waals surface area contributed by atoms with Gasteiger partial charge in [0.15, 0.2) is 0 Å². The molecule has 0 aliphatic carbocycles. The Kier molecular flexibility index (Phi) is 9.60. The van der Waals surface area contributed by atoms with E-state index in [9.17, 15) is 9.18 Å². The summed E-state index contributed by atoms with van der Waals surface area (Å²) in [6.45, 7) is 4.47. The third-order valence-corrected chi connectivity index (χ3v) is 6.73. The number of aliphatic hydroxyl groups excluding tert-OH is 1. The van der Waals surface area contributed by atoms with Crippen molar-refractivity contribution >= 4 is 46.8 Å². The van der Waals surface area contributed by atoms with Gasteiger partial charge in [-0.1, -0.05) is 0 Å². The molecule has 1 aliphatic heterocycles. The van der Waals surface area contributed by atoms with Crippen LogP contribution in [0.3, 0.4) is 0 Å². The average molecular weight is 430 g/mol. The highest BCUT2D eigenvalue weighted by Gasteiger charge is 2.16. The summed E-state index contributed by atoms with van der Waals surface area (Å²) in [7, 11) is 1.00. The maximum absolute atomic E-state index is 12.8. The molecule has 1 amide bonds. The van der Waals surface area contributed by atoms with Crippen LogP contribution in [0.25, 0.3) is 0 Å². The Morgan fingerprint density at radius 2 is 1.93 bits per heavy atom. The number of hydrogen-bond acceptors (Lipinski definition) is 7. The largest absolute Gasteiger partial charge is 0.400 e. The molecule has 2 heterocycles. The maximum atomic E-state index is 12.8. The van der Waals surface area contributed by atoms with E-state index < -0.39 is 0 Å². The monoisotopic (exact) mass is 429 g/mol. The first kappa shape index (κ1) is 22.2. The van der Waals surface area contributed by atoms with Crippen molar-refractivity contribution in [2.24, 2.45) is 0 Å². The fourth-order valence-corrected chi connectivity index (χ4v) is 5.46. The molecule has 0 saturated carbocycles. The Morgan fingerprint density at radius 1 is 1.26 bits per heavy atom. The lowest BCUT2D eigenvalue weighted by atomic mass is 10.4. The fraction of sp³-hybridized carbons (Fsp3) is 0.389. The van der Waals surface area contributed by atoms with Crippen molar-refractivity contribution in [3.8, 4) is 0 Å². The third-order valence-electron chi connectivity index (χ3n) is 3.69. The first-order chi connectivity index (χ1) is 13.1. The number of anilines is 1. The number of nitrogens with zero attached hydrogens (tertiary/aromatic N) is 1. The fourth-order valence-electron chi connectivity index (χ4n) is 2.41. The predicted molar refractivity (Wildman–Crippen MR) is 113 cm³/mol. The lowest BCUT2D eigenvalue weighted by Gasteiger charge is -2.10. The summed E-state index contributed by atoms with van der Waals surface area (Å²) in [5, 5.41) is 9.95. The van der Waals surface area contributed by atoms with Crippen molar-refractivity contribution in [2.45, 2.75) is 28.9 Å². The molecule has 0 unspecified atom stereocenters. The zero-order valence-electron chi connectivity index (χ0n) is 15.3. The van der Waals surface area contributed by atoms with Gasteiger partial charge in [-0.05, 0) is 74.0 Å². The summed E-state index contributed by atoms with van der Waals surface area (Å²) in [6, 6.07) is 8.20. The van der Waals surface area contributed by atoms with Gasteiger partial charge in [0.25, 0.3) is 0 Å². The maximum Gasteiger partial charge on any atom is 0.239 e. The zero-order chi connectivity index (χ0) is 19.6. The zero-order valence-corrected chi connectivity index (χ0v) is 17.8. The van der Waals surface area contributed by atoms with Gasteiger partial charge in [0.1, 0.15) is 5.82 Å². The van der Waals surface area contributed by atoms with Gasteiger partial charge < -0.3 is 10.4 Å². The summed E-state index contributed by atoms with van der Waals surface area (Å²) in [4.78, 5) is 14.1.